The molecule has 2 amide bonds. The topological polar surface area (TPSA) is 99.7 Å². The van der Waals surface area contributed by atoms with Crippen LogP contribution in [0.2, 0.25) is 0 Å². The van der Waals surface area contributed by atoms with Gasteiger partial charge in [-0.25, -0.2) is 4.31 Å². The number of likely N-dealkylation sites (tertiary alicyclic amines) is 1. The number of nitrogens with one attached hydrogen (secondary N) is 1. The average Bonchev–Trinajstić information content (AvgIpc) is 3.35. The lowest BCUT2D eigenvalue weighted by molar-refractivity contribution is -0.120. The maximum Gasteiger partial charge on any atom is 0.221 e. The highest BCUT2D eigenvalue weighted by Crippen LogP contribution is 2.34. The van der Waals surface area contributed by atoms with Gasteiger partial charge < -0.3 is 11.1 Å². The van der Waals surface area contributed by atoms with Crippen LogP contribution in [-0.4, -0.2) is 77.1 Å². The number of rotatable bonds is 10. The molecule has 2 saturated heterocycles. The van der Waals surface area contributed by atoms with Gasteiger partial charge in [-0.05, 0) is 92.0 Å². The molecule has 3 N–H and O–H groups in total. The van der Waals surface area contributed by atoms with Gasteiger partial charge in [0.2, 0.25) is 12.3 Å². The number of anilines is 1. The zero-order valence-corrected chi connectivity index (χ0v) is 26.4. The largest absolute Gasteiger partial charge is 0.359 e. The molecule has 10 heteroatoms. The number of fused-ring (bicyclic) bond motifs is 1. The SMILES string of the molecule is CC.CNC(=O)CCN(C=O)c1nn(C)c2cc(C3CCN(Cc4cccc(SN5CCC(N)CC5)c4)CC3)ccc12. The van der Waals surface area contributed by atoms with E-state index in [0.717, 1.165) is 75.7 Å². The van der Waals surface area contributed by atoms with Gasteiger partial charge >= 0.3 is 0 Å². The summed E-state index contributed by atoms with van der Waals surface area (Å²) in [6.45, 7) is 9.53. The van der Waals surface area contributed by atoms with Crippen LogP contribution >= 0.6 is 11.9 Å². The predicted molar refractivity (Wildman–Crippen MR) is 172 cm³/mol. The fourth-order valence-corrected chi connectivity index (χ4v) is 6.81. The first-order chi connectivity index (χ1) is 20.4. The molecular weight excluding hydrogens is 546 g/mol. The second-order valence-electron chi connectivity index (χ2n) is 11.0. The molecule has 228 valence electrons. The summed E-state index contributed by atoms with van der Waals surface area (Å²) >= 11 is 1.86. The normalized spacial score (nSPS) is 17.1. The smallest absolute Gasteiger partial charge is 0.221 e. The molecule has 9 nitrogen and oxygen atoms in total. The number of hydrogen-bond acceptors (Lipinski definition) is 7. The van der Waals surface area contributed by atoms with Crippen LogP contribution in [0.25, 0.3) is 10.9 Å². The number of nitrogens with two attached hydrogens (primary N) is 1. The number of carbonyl (C=O) groups is 2. The highest BCUT2D eigenvalue weighted by molar-refractivity contribution is 7.97. The maximum atomic E-state index is 11.8. The number of hydrogen-bond donors (Lipinski definition) is 2. The molecule has 0 saturated carbocycles. The van der Waals surface area contributed by atoms with E-state index in [-0.39, 0.29) is 12.3 Å². The summed E-state index contributed by atoms with van der Waals surface area (Å²) < 4.78 is 4.28. The molecule has 5 rings (SSSR count). The van der Waals surface area contributed by atoms with E-state index in [1.807, 2.05) is 37.5 Å². The van der Waals surface area contributed by atoms with Gasteiger partial charge in [0.05, 0.1) is 5.52 Å². The molecule has 0 atom stereocenters. The van der Waals surface area contributed by atoms with Crippen molar-refractivity contribution in [2.75, 3.05) is 44.7 Å². The minimum absolute atomic E-state index is 0.102. The molecule has 42 heavy (non-hydrogen) atoms. The summed E-state index contributed by atoms with van der Waals surface area (Å²) in [4.78, 5) is 28.9. The van der Waals surface area contributed by atoms with E-state index in [4.69, 9.17) is 5.73 Å². The van der Waals surface area contributed by atoms with Gasteiger partial charge in [0.25, 0.3) is 0 Å². The zero-order valence-electron chi connectivity index (χ0n) is 25.6. The lowest BCUT2D eigenvalue weighted by atomic mass is 9.89. The van der Waals surface area contributed by atoms with Gasteiger partial charge in [-0.15, -0.1) is 0 Å². The van der Waals surface area contributed by atoms with Crippen molar-refractivity contribution < 1.29 is 9.59 Å². The average molecular weight is 594 g/mol. The Morgan fingerprint density at radius 3 is 2.52 bits per heavy atom. The molecule has 1 aromatic heterocycles. The van der Waals surface area contributed by atoms with Crippen molar-refractivity contribution in [2.24, 2.45) is 12.8 Å². The third kappa shape index (κ3) is 8.12. The minimum atomic E-state index is -0.102. The molecule has 0 unspecified atom stereocenters. The maximum absolute atomic E-state index is 11.8. The first kappa shape index (κ1) is 32.0. The molecule has 2 fully saturated rings. The number of piperidine rings is 2. The van der Waals surface area contributed by atoms with Crippen LogP contribution in [0, 0.1) is 0 Å². The Bertz CT molecular complexity index is 1310. The van der Waals surface area contributed by atoms with Gasteiger partial charge in [0.1, 0.15) is 0 Å². The summed E-state index contributed by atoms with van der Waals surface area (Å²) in [7, 11) is 3.51. The molecule has 0 radical (unpaired) electrons. The Morgan fingerprint density at radius 1 is 1.10 bits per heavy atom. The molecule has 2 aliphatic heterocycles. The highest BCUT2D eigenvalue weighted by atomic mass is 32.2. The lowest BCUT2D eigenvalue weighted by Crippen LogP contribution is -2.36. The molecule has 2 aliphatic rings. The molecule has 3 heterocycles. The van der Waals surface area contributed by atoms with Gasteiger partial charge in [-0.3, -0.25) is 24.1 Å². The first-order valence-corrected chi connectivity index (χ1v) is 16.1. The van der Waals surface area contributed by atoms with Crippen LogP contribution < -0.4 is 16.0 Å². The van der Waals surface area contributed by atoms with E-state index < -0.39 is 0 Å². The molecule has 0 spiro atoms. The Labute approximate surface area is 254 Å². The Kier molecular flexibility index (Phi) is 11.8. The van der Waals surface area contributed by atoms with E-state index >= 15 is 0 Å². The number of benzene rings is 2. The number of carbonyl (C=O) groups excluding carboxylic acids is 2. The molecular formula is C32H47N7O2S. The zero-order chi connectivity index (χ0) is 30.1. The monoisotopic (exact) mass is 593 g/mol. The van der Waals surface area contributed by atoms with Crippen LogP contribution in [-0.2, 0) is 23.2 Å². The second-order valence-corrected chi connectivity index (χ2v) is 12.2. The third-order valence-electron chi connectivity index (χ3n) is 8.21. The fourth-order valence-electron chi connectivity index (χ4n) is 5.78. The van der Waals surface area contributed by atoms with E-state index in [0.29, 0.717) is 24.3 Å². The van der Waals surface area contributed by atoms with E-state index in [1.165, 1.54) is 20.9 Å². The van der Waals surface area contributed by atoms with Gasteiger partial charge in [0, 0.05) is 63.0 Å². The van der Waals surface area contributed by atoms with Crippen molar-refractivity contribution in [1.29, 1.82) is 0 Å². The third-order valence-corrected chi connectivity index (χ3v) is 9.30. The minimum Gasteiger partial charge on any atom is -0.359 e. The molecule has 0 aliphatic carbocycles. The molecule has 0 bridgehead atoms. The van der Waals surface area contributed by atoms with Gasteiger partial charge in [-0.1, -0.05) is 32.0 Å². The summed E-state index contributed by atoms with van der Waals surface area (Å²) in [6, 6.07) is 15.8. The van der Waals surface area contributed by atoms with Crippen molar-refractivity contribution in [3.63, 3.8) is 0 Å². The summed E-state index contributed by atoms with van der Waals surface area (Å²) in [5.41, 5.74) is 9.77. The Morgan fingerprint density at radius 2 is 1.83 bits per heavy atom. The van der Waals surface area contributed by atoms with Crippen LogP contribution in [0.1, 0.15) is 63.0 Å². The van der Waals surface area contributed by atoms with Gasteiger partial charge in [-0.2, -0.15) is 5.10 Å². The van der Waals surface area contributed by atoms with Gasteiger partial charge in [0.15, 0.2) is 5.82 Å². The summed E-state index contributed by atoms with van der Waals surface area (Å²) in [5, 5.41) is 8.15. The van der Waals surface area contributed by atoms with Crippen molar-refractivity contribution in [3.8, 4) is 0 Å². The predicted octanol–water partition coefficient (Wildman–Crippen LogP) is 4.51. The molecule has 3 aromatic rings. The second kappa shape index (κ2) is 15.5. The van der Waals surface area contributed by atoms with Crippen LogP contribution in [0.5, 0.6) is 0 Å². The van der Waals surface area contributed by atoms with E-state index in [9.17, 15) is 9.59 Å². The van der Waals surface area contributed by atoms with Crippen molar-refractivity contribution in [2.45, 2.75) is 69.4 Å². The van der Waals surface area contributed by atoms with E-state index in [2.05, 4.69) is 62.1 Å². The van der Waals surface area contributed by atoms with E-state index in [1.54, 1.807) is 7.05 Å². The number of amides is 2. The first-order valence-electron chi connectivity index (χ1n) is 15.3. The summed E-state index contributed by atoms with van der Waals surface area (Å²) in [6.07, 6.45) is 5.38. The van der Waals surface area contributed by atoms with Crippen molar-refractivity contribution in [1.82, 2.24) is 24.3 Å². The Balaban J connectivity index is 0.00000198. The highest BCUT2D eigenvalue weighted by Gasteiger charge is 2.23. The lowest BCUT2D eigenvalue weighted by Gasteiger charge is -2.32. The number of aryl methyl sites for hydroxylation is 1. The summed E-state index contributed by atoms with van der Waals surface area (Å²) in [5.74, 6) is 0.999. The fraction of sp³-hybridized carbons (Fsp3) is 0.531. The van der Waals surface area contributed by atoms with Crippen LogP contribution in [0.3, 0.4) is 0 Å². The van der Waals surface area contributed by atoms with Crippen LogP contribution in [0.15, 0.2) is 47.4 Å². The number of aromatic nitrogens is 2. The van der Waals surface area contributed by atoms with Crippen molar-refractivity contribution >= 4 is 41.0 Å². The van der Waals surface area contributed by atoms with Crippen molar-refractivity contribution in [3.05, 3.63) is 53.6 Å². The quantitative estimate of drug-likeness (QED) is 0.264. The Hall–Kier alpha value is -2.92. The molecule has 2 aromatic carbocycles. The number of nitrogens with zero attached hydrogens (tertiary/aromatic N) is 5. The van der Waals surface area contributed by atoms with Crippen LogP contribution in [0.4, 0.5) is 5.82 Å². The standard InChI is InChI=1S/C30H41N7O2S.C2H6/c1-32-29(39)12-15-36(21-38)30-27-7-6-24(19-28(27)34(2)33-30)23-8-13-35(14-9-23)20-22-4-3-5-26(18-22)40-37-16-10-25(31)11-17-37;1-2/h3-7,18-19,21,23,25H,8-17,20,31H2,1-2H3,(H,32,39);1-2H3.